The number of fused-ring (bicyclic) bond motifs is 1. The fourth-order valence-corrected chi connectivity index (χ4v) is 1.98. The Morgan fingerprint density at radius 3 is 2.94 bits per heavy atom. The van der Waals surface area contributed by atoms with Gasteiger partial charge < -0.3 is 10.1 Å². The van der Waals surface area contributed by atoms with Crippen LogP contribution in [0.4, 0.5) is 5.69 Å². The number of methoxy groups -OCH3 is 1. The molecule has 1 aromatic heterocycles. The van der Waals surface area contributed by atoms with Crippen molar-refractivity contribution in [3.05, 3.63) is 30.5 Å². The molecule has 0 atom stereocenters. The van der Waals surface area contributed by atoms with Crippen molar-refractivity contribution in [1.82, 2.24) is 4.98 Å². The van der Waals surface area contributed by atoms with Crippen LogP contribution in [-0.4, -0.2) is 18.0 Å². The zero-order valence-electron chi connectivity index (χ0n) is 10.1. The minimum Gasteiger partial charge on any atom is -0.481 e. The van der Waals surface area contributed by atoms with Gasteiger partial charge in [-0.15, -0.1) is 0 Å². The Kier molecular flexibility index (Phi) is 2.63. The molecule has 1 fully saturated rings. The van der Waals surface area contributed by atoms with Crippen LogP contribution in [0.5, 0.6) is 5.88 Å². The Hall–Kier alpha value is -2.10. The molecule has 1 saturated carbocycles. The quantitative estimate of drug-likeness (QED) is 0.900. The molecule has 2 aromatic rings. The highest BCUT2D eigenvalue weighted by Gasteiger charge is 2.29. The largest absolute Gasteiger partial charge is 0.481 e. The summed E-state index contributed by atoms with van der Waals surface area (Å²) < 4.78 is 5.20. The van der Waals surface area contributed by atoms with E-state index < -0.39 is 0 Å². The van der Waals surface area contributed by atoms with Gasteiger partial charge in [0.1, 0.15) is 0 Å². The third-order valence-corrected chi connectivity index (χ3v) is 3.14. The molecule has 18 heavy (non-hydrogen) atoms. The summed E-state index contributed by atoms with van der Waals surface area (Å²) >= 11 is 0. The van der Waals surface area contributed by atoms with E-state index in [9.17, 15) is 4.79 Å². The van der Waals surface area contributed by atoms with Crippen molar-refractivity contribution in [2.24, 2.45) is 5.92 Å². The van der Waals surface area contributed by atoms with Crippen molar-refractivity contribution in [3.8, 4) is 5.88 Å². The van der Waals surface area contributed by atoms with Crippen molar-refractivity contribution >= 4 is 22.4 Å². The molecule has 0 aliphatic heterocycles. The van der Waals surface area contributed by atoms with Gasteiger partial charge in [0.15, 0.2) is 0 Å². The lowest BCUT2D eigenvalue weighted by Crippen LogP contribution is -2.13. The fraction of sp³-hybridized carbons (Fsp3) is 0.286. The summed E-state index contributed by atoms with van der Waals surface area (Å²) in [5, 5.41) is 4.89. The first kappa shape index (κ1) is 11.0. The number of nitrogens with zero attached hydrogens (tertiary/aromatic N) is 1. The van der Waals surface area contributed by atoms with Crippen LogP contribution < -0.4 is 10.1 Å². The maximum Gasteiger partial charge on any atom is 0.227 e. The molecule has 0 bridgehead atoms. The Morgan fingerprint density at radius 1 is 1.39 bits per heavy atom. The van der Waals surface area contributed by atoms with Gasteiger partial charge in [-0.05, 0) is 42.5 Å². The van der Waals surface area contributed by atoms with Crippen molar-refractivity contribution < 1.29 is 9.53 Å². The van der Waals surface area contributed by atoms with Crippen LogP contribution >= 0.6 is 0 Å². The summed E-state index contributed by atoms with van der Waals surface area (Å²) in [6.45, 7) is 0. The molecule has 0 spiro atoms. The predicted octanol–water partition coefficient (Wildman–Crippen LogP) is 2.59. The summed E-state index contributed by atoms with van der Waals surface area (Å²) in [4.78, 5) is 15.8. The van der Waals surface area contributed by atoms with Gasteiger partial charge in [0.2, 0.25) is 11.8 Å². The second-order valence-corrected chi connectivity index (χ2v) is 4.52. The average molecular weight is 242 g/mol. The van der Waals surface area contributed by atoms with Gasteiger partial charge in [-0.25, -0.2) is 4.98 Å². The predicted molar refractivity (Wildman–Crippen MR) is 69.6 cm³/mol. The van der Waals surface area contributed by atoms with E-state index in [-0.39, 0.29) is 11.8 Å². The second kappa shape index (κ2) is 4.29. The molecule has 4 heteroatoms. The van der Waals surface area contributed by atoms with Gasteiger partial charge in [-0.1, -0.05) is 0 Å². The number of nitrogens with one attached hydrogen (secondary N) is 1. The molecule has 1 N–H and O–H groups in total. The molecular weight excluding hydrogens is 228 g/mol. The molecule has 0 unspecified atom stereocenters. The molecule has 0 saturated heterocycles. The van der Waals surface area contributed by atoms with Crippen LogP contribution in [0.3, 0.4) is 0 Å². The van der Waals surface area contributed by atoms with E-state index in [0.717, 1.165) is 29.3 Å². The molecule has 0 radical (unpaired) electrons. The Labute approximate surface area is 105 Å². The number of hydrogen-bond donors (Lipinski definition) is 1. The van der Waals surface area contributed by atoms with Crippen LogP contribution in [-0.2, 0) is 4.79 Å². The van der Waals surface area contributed by atoms with Gasteiger partial charge in [0.25, 0.3) is 0 Å². The number of aromatic nitrogens is 1. The number of rotatable bonds is 3. The van der Waals surface area contributed by atoms with Crippen LogP contribution in [0.25, 0.3) is 10.8 Å². The van der Waals surface area contributed by atoms with E-state index in [2.05, 4.69) is 10.3 Å². The molecule has 1 aliphatic carbocycles. The highest BCUT2D eigenvalue weighted by molar-refractivity contribution is 5.97. The lowest BCUT2D eigenvalue weighted by Gasteiger charge is -2.07. The monoisotopic (exact) mass is 242 g/mol. The number of carbonyl (C=O) groups is 1. The lowest BCUT2D eigenvalue weighted by atomic mass is 10.1. The Morgan fingerprint density at radius 2 is 2.22 bits per heavy atom. The minimum atomic E-state index is 0.121. The number of hydrogen-bond acceptors (Lipinski definition) is 3. The number of carbonyl (C=O) groups excluding carboxylic acids is 1. The zero-order valence-corrected chi connectivity index (χ0v) is 10.1. The number of anilines is 1. The molecule has 1 heterocycles. The van der Waals surface area contributed by atoms with Crippen LogP contribution in [0.1, 0.15) is 12.8 Å². The van der Waals surface area contributed by atoms with Crippen LogP contribution in [0.2, 0.25) is 0 Å². The van der Waals surface area contributed by atoms with E-state index in [1.54, 1.807) is 13.3 Å². The average Bonchev–Trinajstić information content (AvgIpc) is 3.22. The van der Waals surface area contributed by atoms with Crippen molar-refractivity contribution in [2.45, 2.75) is 12.8 Å². The zero-order chi connectivity index (χ0) is 12.5. The summed E-state index contributed by atoms with van der Waals surface area (Å²) in [6, 6.07) is 7.65. The van der Waals surface area contributed by atoms with Crippen molar-refractivity contribution in [1.29, 1.82) is 0 Å². The van der Waals surface area contributed by atoms with Crippen LogP contribution in [0, 0.1) is 5.92 Å². The maximum absolute atomic E-state index is 11.7. The van der Waals surface area contributed by atoms with Gasteiger partial charge in [-0.3, -0.25) is 4.79 Å². The maximum atomic E-state index is 11.7. The number of pyridine rings is 1. The topological polar surface area (TPSA) is 51.2 Å². The minimum absolute atomic E-state index is 0.121. The highest BCUT2D eigenvalue weighted by atomic mass is 16.5. The molecule has 1 aliphatic rings. The smallest absolute Gasteiger partial charge is 0.227 e. The summed E-state index contributed by atoms with van der Waals surface area (Å²) in [6.07, 6.45) is 3.72. The van der Waals surface area contributed by atoms with Gasteiger partial charge in [-0.2, -0.15) is 0 Å². The van der Waals surface area contributed by atoms with E-state index in [0.29, 0.717) is 5.88 Å². The van der Waals surface area contributed by atoms with Gasteiger partial charge in [0.05, 0.1) is 7.11 Å². The third kappa shape index (κ3) is 2.01. The first-order valence-corrected chi connectivity index (χ1v) is 6.01. The highest BCUT2D eigenvalue weighted by Crippen LogP contribution is 2.31. The summed E-state index contributed by atoms with van der Waals surface area (Å²) in [5.41, 5.74) is 0.827. The van der Waals surface area contributed by atoms with E-state index in [4.69, 9.17) is 4.74 Å². The molecule has 1 aromatic carbocycles. The third-order valence-electron chi connectivity index (χ3n) is 3.14. The molecular formula is C14H14N2O2. The van der Waals surface area contributed by atoms with Gasteiger partial charge in [0, 0.05) is 23.2 Å². The van der Waals surface area contributed by atoms with Crippen LogP contribution in [0.15, 0.2) is 30.5 Å². The second-order valence-electron chi connectivity index (χ2n) is 4.52. The first-order valence-electron chi connectivity index (χ1n) is 6.01. The fourth-order valence-electron chi connectivity index (χ4n) is 1.98. The van der Waals surface area contributed by atoms with Crippen molar-refractivity contribution in [3.63, 3.8) is 0 Å². The lowest BCUT2D eigenvalue weighted by molar-refractivity contribution is -0.117. The Bertz CT molecular complexity index is 606. The molecule has 92 valence electrons. The SMILES string of the molecule is COc1nccc2cc(NC(=O)C3CC3)ccc12. The van der Waals surface area contributed by atoms with Gasteiger partial charge >= 0.3 is 0 Å². The summed E-state index contributed by atoms with van der Waals surface area (Å²) in [5.74, 6) is 0.940. The first-order chi connectivity index (χ1) is 8.78. The van der Waals surface area contributed by atoms with E-state index in [1.807, 2.05) is 24.3 Å². The normalized spacial score (nSPS) is 14.5. The van der Waals surface area contributed by atoms with E-state index >= 15 is 0 Å². The Balaban J connectivity index is 1.93. The van der Waals surface area contributed by atoms with Crippen molar-refractivity contribution in [2.75, 3.05) is 12.4 Å². The van der Waals surface area contributed by atoms with E-state index in [1.165, 1.54) is 0 Å². The number of ether oxygens (including phenoxy) is 1. The molecule has 3 rings (SSSR count). The molecule has 1 amide bonds. The number of amides is 1. The standard InChI is InChI=1S/C14H14N2O2/c1-18-14-12-5-4-11(8-10(12)6-7-15-14)16-13(17)9-2-3-9/h4-9H,2-3H2,1H3,(H,16,17). The summed E-state index contributed by atoms with van der Waals surface area (Å²) in [7, 11) is 1.60. The molecule has 4 nitrogen and oxygen atoms in total. The number of benzene rings is 1.